The largest absolute Gasteiger partial charge is 0.478 e. The quantitative estimate of drug-likeness (QED) is 0.833. The van der Waals surface area contributed by atoms with Crippen LogP contribution in [0.15, 0.2) is 36.5 Å². The molecule has 0 bridgehead atoms. The van der Waals surface area contributed by atoms with E-state index < -0.39 is 0 Å². The Balaban J connectivity index is 1.25. The maximum atomic E-state index is 12.8. The zero-order chi connectivity index (χ0) is 19.5. The van der Waals surface area contributed by atoms with Gasteiger partial charge in [-0.2, -0.15) is 0 Å². The monoisotopic (exact) mass is 380 g/mol. The number of carbonyl (C=O) groups is 1. The van der Waals surface area contributed by atoms with Crippen LogP contribution in [0.5, 0.6) is 5.88 Å². The number of aryl methyl sites for hydroxylation is 1. The average molecular weight is 380 g/mol. The number of piperidine rings is 1. The molecule has 2 atom stereocenters. The van der Waals surface area contributed by atoms with Crippen molar-refractivity contribution in [2.75, 3.05) is 32.1 Å². The standard InChI is InChI=1S/C22H28N4O2/c1-15-13-23-20(21(25-15)28-2)24-14-16-8-10-26(11-9-16)22(27)19-12-18(19)17-6-4-3-5-7-17/h3-7,13,16,18-19H,8-12,14H2,1-2H3,(H,23,24). The van der Waals surface area contributed by atoms with Crippen molar-refractivity contribution in [3.05, 3.63) is 47.8 Å². The molecule has 4 rings (SSSR count). The molecule has 2 fully saturated rings. The third kappa shape index (κ3) is 4.11. The first-order chi connectivity index (χ1) is 13.7. The average Bonchev–Trinajstić information content (AvgIpc) is 3.54. The van der Waals surface area contributed by atoms with Gasteiger partial charge < -0.3 is 15.0 Å². The van der Waals surface area contributed by atoms with Gasteiger partial charge in [0.05, 0.1) is 19.0 Å². The van der Waals surface area contributed by atoms with Crippen LogP contribution in [0.25, 0.3) is 0 Å². The van der Waals surface area contributed by atoms with E-state index >= 15 is 0 Å². The number of methoxy groups -OCH3 is 1. The van der Waals surface area contributed by atoms with Crippen molar-refractivity contribution >= 4 is 11.7 Å². The topological polar surface area (TPSA) is 67.4 Å². The summed E-state index contributed by atoms with van der Waals surface area (Å²) in [7, 11) is 1.61. The maximum absolute atomic E-state index is 12.8. The highest BCUT2D eigenvalue weighted by atomic mass is 16.5. The van der Waals surface area contributed by atoms with Crippen LogP contribution < -0.4 is 10.1 Å². The smallest absolute Gasteiger partial charge is 0.257 e. The molecule has 1 amide bonds. The summed E-state index contributed by atoms with van der Waals surface area (Å²) in [6.07, 6.45) is 4.77. The normalized spacial score (nSPS) is 22.0. The lowest BCUT2D eigenvalue weighted by molar-refractivity contribution is -0.134. The minimum atomic E-state index is 0.184. The minimum Gasteiger partial charge on any atom is -0.478 e. The number of nitrogens with zero attached hydrogens (tertiary/aromatic N) is 3. The van der Waals surface area contributed by atoms with Crippen LogP contribution in [0.3, 0.4) is 0 Å². The highest BCUT2D eigenvalue weighted by Crippen LogP contribution is 2.48. The van der Waals surface area contributed by atoms with E-state index in [0.29, 0.717) is 29.4 Å². The lowest BCUT2D eigenvalue weighted by Crippen LogP contribution is -2.40. The SMILES string of the molecule is COc1nc(C)cnc1NCC1CCN(C(=O)C2CC2c2ccccc2)CC1. The Kier molecular flexibility index (Phi) is 5.46. The summed E-state index contributed by atoms with van der Waals surface area (Å²) in [5.41, 5.74) is 2.14. The highest BCUT2D eigenvalue weighted by Gasteiger charge is 2.46. The van der Waals surface area contributed by atoms with E-state index in [1.807, 2.05) is 13.0 Å². The van der Waals surface area contributed by atoms with Gasteiger partial charge >= 0.3 is 0 Å². The molecule has 1 aliphatic heterocycles. The van der Waals surface area contributed by atoms with E-state index in [-0.39, 0.29) is 5.92 Å². The minimum absolute atomic E-state index is 0.184. The Labute approximate surface area is 166 Å². The number of benzene rings is 1. The van der Waals surface area contributed by atoms with Crippen LogP contribution in [0.1, 0.15) is 36.4 Å². The van der Waals surface area contributed by atoms with Crippen LogP contribution in [0.4, 0.5) is 5.82 Å². The maximum Gasteiger partial charge on any atom is 0.257 e. The third-order valence-corrected chi connectivity index (χ3v) is 5.87. The summed E-state index contributed by atoms with van der Waals surface area (Å²) in [5.74, 6) is 2.70. The molecule has 2 aromatic rings. The molecule has 1 aromatic heterocycles. The van der Waals surface area contributed by atoms with Crippen molar-refractivity contribution in [3.63, 3.8) is 0 Å². The molecule has 1 saturated carbocycles. The lowest BCUT2D eigenvalue weighted by atomic mass is 9.96. The summed E-state index contributed by atoms with van der Waals surface area (Å²) in [6.45, 7) is 4.42. The lowest BCUT2D eigenvalue weighted by Gasteiger charge is -2.32. The van der Waals surface area contributed by atoms with E-state index in [0.717, 1.165) is 44.6 Å². The van der Waals surface area contributed by atoms with Crippen molar-refractivity contribution in [2.45, 2.75) is 32.1 Å². The molecule has 1 aliphatic carbocycles. The zero-order valence-electron chi connectivity index (χ0n) is 16.6. The predicted molar refractivity (Wildman–Crippen MR) is 108 cm³/mol. The van der Waals surface area contributed by atoms with Crippen LogP contribution in [-0.4, -0.2) is 47.5 Å². The summed E-state index contributed by atoms with van der Waals surface area (Å²) in [4.78, 5) is 23.6. The van der Waals surface area contributed by atoms with Crippen LogP contribution in [-0.2, 0) is 4.79 Å². The molecular weight excluding hydrogens is 352 g/mol. The first-order valence-corrected chi connectivity index (χ1v) is 10.1. The Hall–Kier alpha value is -2.63. The predicted octanol–water partition coefficient (Wildman–Crippen LogP) is 3.25. The Morgan fingerprint density at radius 1 is 1.25 bits per heavy atom. The summed E-state index contributed by atoms with van der Waals surface area (Å²) in [6, 6.07) is 10.4. The van der Waals surface area contributed by atoms with Crippen molar-refractivity contribution < 1.29 is 9.53 Å². The van der Waals surface area contributed by atoms with Crippen LogP contribution in [0, 0.1) is 18.8 Å². The van der Waals surface area contributed by atoms with Gasteiger partial charge in [-0.3, -0.25) is 4.79 Å². The zero-order valence-corrected chi connectivity index (χ0v) is 16.6. The molecule has 28 heavy (non-hydrogen) atoms. The van der Waals surface area contributed by atoms with Crippen molar-refractivity contribution in [1.29, 1.82) is 0 Å². The molecular formula is C22H28N4O2. The van der Waals surface area contributed by atoms with Gasteiger partial charge in [0.15, 0.2) is 5.82 Å². The van der Waals surface area contributed by atoms with Gasteiger partial charge in [-0.15, -0.1) is 0 Å². The Bertz CT molecular complexity index is 819. The number of anilines is 1. The van der Waals surface area contributed by atoms with Gasteiger partial charge in [0.2, 0.25) is 5.91 Å². The number of nitrogens with one attached hydrogen (secondary N) is 1. The molecule has 2 heterocycles. The number of rotatable bonds is 6. The number of ether oxygens (including phenoxy) is 1. The molecule has 1 saturated heterocycles. The van der Waals surface area contributed by atoms with Gasteiger partial charge in [-0.05, 0) is 43.6 Å². The second kappa shape index (κ2) is 8.17. The Morgan fingerprint density at radius 2 is 2.00 bits per heavy atom. The van der Waals surface area contributed by atoms with Gasteiger partial charge in [0.25, 0.3) is 5.88 Å². The first kappa shape index (κ1) is 18.7. The number of hydrogen-bond acceptors (Lipinski definition) is 5. The first-order valence-electron chi connectivity index (χ1n) is 10.1. The molecule has 0 spiro atoms. The number of amides is 1. The molecule has 2 aliphatic rings. The van der Waals surface area contributed by atoms with E-state index in [9.17, 15) is 4.79 Å². The molecule has 1 N–H and O–H groups in total. The highest BCUT2D eigenvalue weighted by molar-refractivity contribution is 5.83. The fourth-order valence-electron chi connectivity index (χ4n) is 4.09. The molecule has 148 valence electrons. The number of likely N-dealkylation sites (tertiary alicyclic amines) is 1. The third-order valence-electron chi connectivity index (χ3n) is 5.87. The fourth-order valence-corrected chi connectivity index (χ4v) is 4.09. The summed E-state index contributed by atoms with van der Waals surface area (Å²) < 4.78 is 5.31. The molecule has 1 aromatic carbocycles. The number of hydrogen-bond donors (Lipinski definition) is 1. The van der Waals surface area contributed by atoms with Gasteiger partial charge in [0.1, 0.15) is 0 Å². The van der Waals surface area contributed by atoms with E-state index in [4.69, 9.17) is 4.74 Å². The second-order valence-corrected chi connectivity index (χ2v) is 7.88. The van der Waals surface area contributed by atoms with Crippen LogP contribution in [0.2, 0.25) is 0 Å². The van der Waals surface area contributed by atoms with Crippen LogP contribution >= 0.6 is 0 Å². The van der Waals surface area contributed by atoms with Crippen molar-refractivity contribution in [3.8, 4) is 5.88 Å². The van der Waals surface area contributed by atoms with Gasteiger partial charge in [0, 0.05) is 25.6 Å². The summed E-state index contributed by atoms with van der Waals surface area (Å²) in [5, 5.41) is 3.37. The van der Waals surface area contributed by atoms with Crippen molar-refractivity contribution in [2.24, 2.45) is 11.8 Å². The van der Waals surface area contributed by atoms with E-state index in [1.54, 1.807) is 13.3 Å². The van der Waals surface area contributed by atoms with E-state index in [1.165, 1.54) is 5.56 Å². The molecule has 6 nitrogen and oxygen atoms in total. The summed E-state index contributed by atoms with van der Waals surface area (Å²) >= 11 is 0. The van der Waals surface area contributed by atoms with E-state index in [2.05, 4.69) is 44.5 Å². The Morgan fingerprint density at radius 3 is 2.71 bits per heavy atom. The fraction of sp³-hybridized carbons (Fsp3) is 0.500. The van der Waals surface area contributed by atoms with Gasteiger partial charge in [-0.1, -0.05) is 30.3 Å². The second-order valence-electron chi connectivity index (χ2n) is 7.88. The molecule has 2 unspecified atom stereocenters. The number of carbonyl (C=O) groups excluding carboxylic acids is 1. The molecule has 0 radical (unpaired) electrons. The van der Waals surface area contributed by atoms with Crippen molar-refractivity contribution in [1.82, 2.24) is 14.9 Å². The number of aromatic nitrogens is 2. The van der Waals surface area contributed by atoms with Gasteiger partial charge in [-0.25, -0.2) is 9.97 Å². The molecule has 6 heteroatoms.